The van der Waals surface area contributed by atoms with Crippen LogP contribution in [0, 0.1) is 6.92 Å². The minimum Gasteiger partial charge on any atom is -0.483 e. The van der Waals surface area contributed by atoms with Crippen LogP contribution in [0.1, 0.15) is 56.6 Å². The molecule has 268 valence electrons. The summed E-state index contributed by atoms with van der Waals surface area (Å²) in [5, 5.41) is 3.02. The number of fused-ring (bicyclic) bond motifs is 1. The van der Waals surface area contributed by atoms with Crippen molar-refractivity contribution in [2.24, 2.45) is 0 Å². The third kappa shape index (κ3) is 10.2. The van der Waals surface area contributed by atoms with E-state index in [1.807, 2.05) is 19.9 Å². The van der Waals surface area contributed by atoms with Gasteiger partial charge in [0, 0.05) is 63.8 Å². The first-order valence-electron chi connectivity index (χ1n) is 16.7. The Labute approximate surface area is 285 Å². The molecule has 0 bridgehead atoms. The maximum atomic E-state index is 14.2. The van der Waals surface area contributed by atoms with Gasteiger partial charge in [0.2, 0.25) is 5.91 Å². The molecule has 1 aromatic heterocycles. The number of halogens is 1. The second-order valence-electron chi connectivity index (χ2n) is 13.1. The first-order valence-corrected chi connectivity index (χ1v) is 16.7. The molecule has 4 rings (SSSR count). The number of rotatable bonds is 10. The van der Waals surface area contributed by atoms with Gasteiger partial charge in [-0.2, -0.15) is 0 Å². The summed E-state index contributed by atoms with van der Waals surface area (Å²) in [6.07, 6.45) is 0.773. The number of aryl methyl sites for hydroxylation is 1. The molecule has 2 fully saturated rings. The van der Waals surface area contributed by atoms with Crippen molar-refractivity contribution in [3.05, 3.63) is 35.5 Å². The fraction of sp³-hybridized carbons (Fsp3) is 0.588. The molecular formula is C34H47FN6O8. The predicted molar refractivity (Wildman–Crippen MR) is 178 cm³/mol. The largest absolute Gasteiger partial charge is 0.483 e. The van der Waals surface area contributed by atoms with Crippen molar-refractivity contribution in [1.29, 1.82) is 0 Å². The highest BCUT2D eigenvalue weighted by molar-refractivity contribution is 5.99. The molecule has 3 heterocycles. The van der Waals surface area contributed by atoms with E-state index in [1.165, 1.54) is 15.9 Å². The fourth-order valence-electron chi connectivity index (χ4n) is 5.36. The molecule has 5 amide bonds. The lowest BCUT2D eigenvalue weighted by Crippen LogP contribution is -2.56. The summed E-state index contributed by atoms with van der Waals surface area (Å²) in [7, 11) is 0. The van der Waals surface area contributed by atoms with Gasteiger partial charge < -0.3 is 39.1 Å². The molecule has 14 nitrogen and oxygen atoms in total. The quantitative estimate of drug-likeness (QED) is 0.372. The molecule has 2 aromatic rings. The number of aromatic nitrogens is 1. The van der Waals surface area contributed by atoms with Crippen molar-refractivity contribution >= 4 is 40.8 Å². The third-order valence-electron chi connectivity index (χ3n) is 8.13. The van der Waals surface area contributed by atoms with Gasteiger partial charge in [-0.15, -0.1) is 0 Å². The van der Waals surface area contributed by atoms with Gasteiger partial charge in [-0.25, -0.2) is 19.0 Å². The van der Waals surface area contributed by atoms with E-state index in [1.54, 1.807) is 42.7 Å². The molecule has 1 atom stereocenters. The number of amides is 5. The Morgan fingerprint density at radius 3 is 2.12 bits per heavy atom. The number of ether oxygens (including phenoxy) is 3. The van der Waals surface area contributed by atoms with Crippen LogP contribution in [-0.2, 0) is 19.1 Å². The molecule has 49 heavy (non-hydrogen) atoms. The Hall–Kier alpha value is -4.69. The Balaban J connectivity index is 1.38. The summed E-state index contributed by atoms with van der Waals surface area (Å²) >= 11 is 0. The lowest BCUT2D eigenvalue weighted by Gasteiger charge is -2.35. The number of alkyl halides is 1. The van der Waals surface area contributed by atoms with E-state index < -0.39 is 42.3 Å². The number of piperazine rings is 2. The zero-order valence-electron chi connectivity index (χ0n) is 29.0. The number of hydrogen-bond donors (Lipinski definition) is 1. The van der Waals surface area contributed by atoms with Gasteiger partial charge in [-0.05, 0) is 51.8 Å². The minimum atomic E-state index is -1.46. The Morgan fingerprint density at radius 1 is 0.898 bits per heavy atom. The highest BCUT2D eigenvalue weighted by atomic mass is 19.1. The molecule has 2 aliphatic rings. The van der Waals surface area contributed by atoms with Crippen LogP contribution in [-0.4, -0.2) is 138 Å². The van der Waals surface area contributed by atoms with Crippen molar-refractivity contribution in [3.8, 4) is 5.75 Å². The van der Waals surface area contributed by atoms with E-state index in [-0.39, 0.29) is 50.1 Å². The Morgan fingerprint density at radius 2 is 1.51 bits per heavy atom. The normalized spacial score (nSPS) is 15.9. The molecule has 0 saturated carbocycles. The van der Waals surface area contributed by atoms with Crippen molar-refractivity contribution in [2.75, 3.05) is 72.2 Å². The zero-order valence-corrected chi connectivity index (χ0v) is 29.0. The van der Waals surface area contributed by atoms with Crippen LogP contribution >= 0.6 is 0 Å². The number of hydrogen-bond acceptors (Lipinski definition) is 9. The summed E-state index contributed by atoms with van der Waals surface area (Å²) < 4.78 is 30.8. The number of carbonyl (C=O) groups is 5. The third-order valence-corrected chi connectivity index (χ3v) is 8.13. The topological polar surface area (TPSA) is 151 Å². The van der Waals surface area contributed by atoms with Gasteiger partial charge in [0.05, 0.1) is 12.1 Å². The predicted octanol–water partition coefficient (Wildman–Crippen LogP) is 3.15. The Bertz CT molecular complexity index is 1520. The molecule has 0 spiro atoms. The van der Waals surface area contributed by atoms with Crippen LogP contribution in [0.2, 0.25) is 0 Å². The number of carbonyl (C=O) groups excluding carboxylic acids is 5. The van der Waals surface area contributed by atoms with Gasteiger partial charge in [0.25, 0.3) is 11.8 Å². The summed E-state index contributed by atoms with van der Waals surface area (Å²) in [6, 6.07) is 5.27. The van der Waals surface area contributed by atoms with E-state index in [2.05, 4.69) is 10.3 Å². The first-order chi connectivity index (χ1) is 23.3. The second-order valence-corrected chi connectivity index (χ2v) is 13.1. The standard InChI is InChI=1S/C34H47FN6O8/c1-6-7-18-47-32(45)40-16-12-39(13-17-40)31(44)27(21-35)37-30(43)26-20-28(24-9-8-23(2)19-25(24)36-26)48-22-29(42)38-10-14-41(15-11-38)33(46)49-34(3,4)5/h8-9,19-20,27H,6-7,10-18,21-22H2,1-5H3,(H,37,43). The lowest BCUT2D eigenvalue weighted by atomic mass is 10.1. The van der Waals surface area contributed by atoms with Crippen LogP contribution < -0.4 is 10.1 Å². The van der Waals surface area contributed by atoms with Gasteiger partial charge >= 0.3 is 12.2 Å². The van der Waals surface area contributed by atoms with Crippen LogP contribution in [0.5, 0.6) is 5.75 Å². The van der Waals surface area contributed by atoms with E-state index in [4.69, 9.17) is 14.2 Å². The molecule has 1 aromatic carbocycles. The number of nitrogens with zero attached hydrogens (tertiary/aromatic N) is 5. The van der Waals surface area contributed by atoms with E-state index in [9.17, 15) is 28.4 Å². The Kier molecular flexibility index (Phi) is 12.6. The molecule has 1 N–H and O–H groups in total. The highest BCUT2D eigenvalue weighted by Gasteiger charge is 2.32. The lowest BCUT2D eigenvalue weighted by molar-refractivity contribution is -0.135. The van der Waals surface area contributed by atoms with E-state index in [0.29, 0.717) is 43.7 Å². The molecule has 0 aliphatic carbocycles. The smallest absolute Gasteiger partial charge is 0.410 e. The average molecular weight is 687 g/mol. The molecule has 0 radical (unpaired) electrons. The van der Waals surface area contributed by atoms with Gasteiger partial charge in [-0.3, -0.25) is 14.4 Å². The minimum absolute atomic E-state index is 0.114. The number of unbranched alkanes of at least 4 members (excludes halogenated alkanes) is 1. The second kappa shape index (κ2) is 16.6. The molecule has 15 heteroatoms. The van der Waals surface area contributed by atoms with Crippen LogP contribution in [0.3, 0.4) is 0 Å². The maximum Gasteiger partial charge on any atom is 0.410 e. The van der Waals surface area contributed by atoms with Crippen molar-refractivity contribution in [1.82, 2.24) is 29.9 Å². The van der Waals surface area contributed by atoms with Crippen molar-refractivity contribution in [2.45, 2.75) is 59.1 Å². The summed E-state index contributed by atoms with van der Waals surface area (Å²) in [6.45, 7) is 10.1. The molecule has 1 unspecified atom stereocenters. The monoisotopic (exact) mass is 686 g/mol. The number of benzene rings is 1. The van der Waals surface area contributed by atoms with E-state index in [0.717, 1.165) is 18.4 Å². The SMILES string of the molecule is CCCCOC(=O)N1CCN(C(=O)C(CF)NC(=O)c2cc(OCC(=O)N3CCN(C(=O)OC(C)(C)C)CC3)c3ccc(C)cc3n2)CC1. The van der Waals surface area contributed by atoms with Crippen molar-refractivity contribution < 1.29 is 42.6 Å². The first kappa shape index (κ1) is 37.1. The van der Waals surface area contributed by atoms with Crippen LogP contribution in [0.15, 0.2) is 24.3 Å². The number of pyridine rings is 1. The highest BCUT2D eigenvalue weighted by Crippen LogP contribution is 2.27. The maximum absolute atomic E-state index is 14.2. The van der Waals surface area contributed by atoms with Crippen molar-refractivity contribution in [3.63, 3.8) is 0 Å². The van der Waals surface area contributed by atoms with Gasteiger partial charge in [0.1, 0.15) is 29.8 Å². The molecular weight excluding hydrogens is 639 g/mol. The summed E-state index contributed by atoms with van der Waals surface area (Å²) in [5.41, 5.74) is 0.556. The number of nitrogens with one attached hydrogen (secondary N) is 1. The fourth-order valence-corrected chi connectivity index (χ4v) is 5.36. The van der Waals surface area contributed by atoms with Crippen LogP contribution in [0.4, 0.5) is 14.0 Å². The summed E-state index contributed by atoms with van der Waals surface area (Å²) in [5.74, 6) is -1.47. The molecule has 2 saturated heterocycles. The average Bonchev–Trinajstić information content (AvgIpc) is 3.08. The van der Waals surface area contributed by atoms with Gasteiger partial charge in [0.15, 0.2) is 6.61 Å². The van der Waals surface area contributed by atoms with Crippen LogP contribution in [0.25, 0.3) is 10.9 Å². The molecule has 2 aliphatic heterocycles. The van der Waals surface area contributed by atoms with Gasteiger partial charge in [-0.1, -0.05) is 19.4 Å². The van der Waals surface area contributed by atoms with E-state index >= 15 is 0 Å². The zero-order chi connectivity index (χ0) is 35.7. The summed E-state index contributed by atoms with van der Waals surface area (Å²) in [4.78, 5) is 74.7.